The monoisotopic (exact) mass is 232 g/mol. The van der Waals surface area contributed by atoms with Gasteiger partial charge in [0.2, 0.25) is 0 Å². The zero-order valence-corrected chi connectivity index (χ0v) is 9.96. The summed E-state index contributed by atoms with van der Waals surface area (Å²) in [5.74, 6) is 0.974. The van der Waals surface area contributed by atoms with Gasteiger partial charge in [-0.3, -0.25) is 4.90 Å². The van der Waals surface area contributed by atoms with Crippen molar-refractivity contribution in [1.29, 1.82) is 0 Å². The zero-order valence-electron chi connectivity index (χ0n) is 9.96. The number of azide groups is 1. The van der Waals surface area contributed by atoms with Crippen LogP contribution in [0.4, 0.5) is 0 Å². The van der Waals surface area contributed by atoms with Gasteiger partial charge in [-0.05, 0) is 18.5 Å². The summed E-state index contributed by atoms with van der Waals surface area (Å²) in [7, 11) is 0. The first-order valence-electron chi connectivity index (χ1n) is 5.75. The lowest BCUT2D eigenvalue weighted by Gasteiger charge is -2.17. The molecule has 0 atom stereocenters. The van der Waals surface area contributed by atoms with Crippen LogP contribution in [0.5, 0.6) is 5.75 Å². The van der Waals surface area contributed by atoms with Crippen LogP contribution in [-0.2, 0) is 6.54 Å². The van der Waals surface area contributed by atoms with Crippen molar-refractivity contribution in [3.63, 3.8) is 0 Å². The van der Waals surface area contributed by atoms with Gasteiger partial charge in [-0.15, -0.1) is 0 Å². The molecule has 1 aromatic carbocycles. The number of fused-ring (bicyclic) bond motifs is 1. The number of nitrogens with zero attached hydrogens (tertiary/aromatic N) is 4. The highest BCUT2D eigenvalue weighted by Crippen LogP contribution is 2.23. The van der Waals surface area contributed by atoms with Gasteiger partial charge in [0.05, 0.1) is 0 Å². The molecule has 0 fully saturated rings. The first-order valence-corrected chi connectivity index (χ1v) is 5.75. The van der Waals surface area contributed by atoms with Gasteiger partial charge in [0.25, 0.3) is 0 Å². The van der Waals surface area contributed by atoms with Crippen molar-refractivity contribution < 1.29 is 4.74 Å². The normalized spacial score (nSPS) is 15.4. The van der Waals surface area contributed by atoms with Crippen molar-refractivity contribution in [3.05, 3.63) is 39.8 Å². The van der Waals surface area contributed by atoms with Gasteiger partial charge < -0.3 is 4.74 Å². The first kappa shape index (κ1) is 11.8. The molecule has 0 radical (unpaired) electrons. The molecule has 0 bridgehead atoms. The maximum Gasteiger partial charge on any atom is 0.123 e. The second-order valence-electron chi connectivity index (χ2n) is 4.19. The topological polar surface area (TPSA) is 61.2 Å². The SMILES string of the molecule is Cc1ccc2c(c1)CN(CCN=[N+]=[N-])CCO2. The maximum atomic E-state index is 8.26. The van der Waals surface area contributed by atoms with Crippen LogP contribution in [0.15, 0.2) is 23.3 Å². The minimum atomic E-state index is 0.512. The number of rotatable bonds is 3. The van der Waals surface area contributed by atoms with Gasteiger partial charge in [-0.25, -0.2) is 0 Å². The zero-order chi connectivity index (χ0) is 12.1. The van der Waals surface area contributed by atoms with Gasteiger partial charge >= 0.3 is 0 Å². The Kier molecular flexibility index (Phi) is 3.85. The second kappa shape index (κ2) is 5.57. The van der Waals surface area contributed by atoms with Crippen molar-refractivity contribution in [2.75, 3.05) is 26.2 Å². The third kappa shape index (κ3) is 3.12. The van der Waals surface area contributed by atoms with Crippen LogP contribution in [-0.4, -0.2) is 31.1 Å². The average molecular weight is 232 g/mol. The highest BCUT2D eigenvalue weighted by atomic mass is 16.5. The van der Waals surface area contributed by atoms with Crippen molar-refractivity contribution in [2.24, 2.45) is 5.11 Å². The number of aryl methyl sites for hydroxylation is 1. The van der Waals surface area contributed by atoms with E-state index < -0.39 is 0 Å². The summed E-state index contributed by atoms with van der Waals surface area (Å²) in [5, 5.41) is 3.57. The quantitative estimate of drug-likeness (QED) is 0.456. The molecule has 1 heterocycles. The predicted molar refractivity (Wildman–Crippen MR) is 66.0 cm³/mol. The molecule has 90 valence electrons. The van der Waals surface area contributed by atoms with Crippen molar-refractivity contribution in [2.45, 2.75) is 13.5 Å². The molecule has 0 saturated heterocycles. The molecule has 0 aliphatic carbocycles. The van der Waals surface area contributed by atoms with E-state index in [2.05, 4.69) is 34.0 Å². The summed E-state index contributed by atoms with van der Waals surface area (Å²) < 4.78 is 5.69. The molecule has 1 aromatic rings. The third-order valence-electron chi connectivity index (χ3n) is 2.85. The van der Waals surface area contributed by atoms with Crippen LogP contribution < -0.4 is 4.74 Å². The minimum absolute atomic E-state index is 0.512. The summed E-state index contributed by atoms with van der Waals surface area (Å²) in [6, 6.07) is 6.25. The van der Waals surface area contributed by atoms with E-state index in [0.717, 1.165) is 25.4 Å². The van der Waals surface area contributed by atoms with Gasteiger partial charge in [0.1, 0.15) is 12.4 Å². The van der Waals surface area contributed by atoms with E-state index in [1.807, 2.05) is 6.07 Å². The molecule has 2 rings (SSSR count). The highest BCUT2D eigenvalue weighted by Gasteiger charge is 2.14. The van der Waals surface area contributed by atoms with Crippen molar-refractivity contribution >= 4 is 0 Å². The largest absolute Gasteiger partial charge is 0.492 e. The summed E-state index contributed by atoms with van der Waals surface area (Å²) in [5.41, 5.74) is 10.7. The molecule has 0 N–H and O–H groups in total. The Labute approximate surface area is 101 Å². The van der Waals surface area contributed by atoms with E-state index in [-0.39, 0.29) is 0 Å². The second-order valence-corrected chi connectivity index (χ2v) is 4.19. The summed E-state index contributed by atoms with van der Waals surface area (Å²) in [6.07, 6.45) is 0. The van der Waals surface area contributed by atoms with Crippen LogP contribution in [0.2, 0.25) is 0 Å². The van der Waals surface area contributed by atoms with E-state index in [1.54, 1.807) is 0 Å². The average Bonchev–Trinajstić information content (AvgIpc) is 2.50. The van der Waals surface area contributed by atoms with Crippen LogP contribution in [0, 0.1) is 6.92 Å². The molecule has 5 nitrogen and oxygen atoms in total. The maximum absolute atomic E-state index is 8.26. The molecule has 0 amide bonds. The van der Waals surface area contributed by atoms with Gasteiger partial charge in [-0.1, -0.05) is 22.8 Å². The molecule has 0 aromatic heterocycles. The summed E-state index contributed by atoms with van der Waals surface area (Å²) in [6.45, 7) is 5.78. The number of hydrogen-bond acceptors (Lipinski definition) is 3. The molecule has 17 heavy (non-hydrogen) atoms. The molecular formula is C12H16N4O. The van der Waals surface area contributed by atoms with Crippen molar-refractivity contribution in [1.82, 2.24) is 4.90 Å². The fraction of sp³-hybridized carbons (Fsp3) is 0.500. The van der Waals surface area contributed by atoms with E-state index >= 15 is 0 Å². The lowest BCUT2D eigenvalue weighted by molar-refractivity contribution is 0.230. The smallest absolute Gasteiger partial charge is 0.123 e. The van der Waals surface area contributed by atoms with Crippen molar-refractivity contribution in [3.8, 4) is 5.75 Å². The lowest BCUT2D eigenvalue weighted by atomic mass is 10.1. The molecule has 1 aliphatic rings. The number of ether oxygens (including phenoxy) is 1. The van der Waals surface area contributed by atoms with Gasteiger partial charge in [0.15, 0.2) is 0 Å². The Morgan fingerprint density at radius 2 is 2.41 bits per heavy atom. The summed E-state index contributed by atoms with van der Waals surface area (Å²) in [4.78, 5) is 5.02. The van der Waals surface area contributed by atoms with E-state index in [0.29, 0.717) is 13.2 Å². The molecule has 5 heteroatoms. The van der Waals surface area contributed by atoms with Crippen LogP contribution >= 0.6 is 0 Å². The third-order valence-corrected chi connectivity index (χ3v) is 2.85. The van der Waals surface area contributed by atoms with Crippen LogP contribution in [0.1, 0.15) is 11.1 Å². The molecule has 0 spiro atoms. The van der Waals surface area contributed by atoms with Crippen LogP contribution in [0.3, 0.4) is 0 Å². The molecule has 1 aliphatic heterocycles. The van der Waals surface area contributed by atoms with Gasteiger partial charge in [0, 0.05) is 36.7 Å². The van der Waals surface area contributed by atoms with Crippen LogP contribution in [0.25, 0.3) is 10.4 Å². The van der Waals surface area contributed by atoms with E-state index in [4.69, 9.17) is 10.3 Å². The molecule has 0 unspecified atom stereocenters. The predicted octanol–water partition coefficient (Wildman–Crippen LogP) is 2.50. The molecular weight excluding hydrogens is 216 g/mol. The van der Waals surface area contributed by atoms with Gasteiger partial charge in [-0.2, -0.15) is 0 Å². The van der Waals surface area contributed by atoms with E-state index in [9.17, 15) is 0 Å². The lowest BCUT2D eigenvalue weighted by Crippen LogP contribution is -2.28. The number of benzene rings is 1. The Bertz CT molecular complexity index is 440. The fourth-order valence-electron chi connectivity index (χ4n) is 2.00. The minimum Gasteiger partial charge on any atom is -0.492 e. The Balaban J connectivity index is 2.07. The standard InChI is InChI=1S/C12H16N4O/c1-10-2-3-12-11(8-10)9-16(6-7-17-12)5-4-14-15-13/h2-3,8H,4-7,9H2,1H3. The Morgan fingerprint density at radius 3 is 3.24 bits per heavy atom. The molecule has 0 saturated carbocycles. The number of hydrogen-bond donors (Lipinski definition) is 0. The Morgan fingerprint density at radius 1 is 1.53 bits per heavy atom. The fourth-order valence-corrected chi connectivity index (χ4v) is 2.00. The van der Waals surface area contributed by atoms with E-state index in [1.165, 1.54) is 11.1 Å². The first-order chi connectivity index (χ1) is 8.29. The summed E-state index contributed by atoms with van der Waals surface area (Å²) >= 11 is 0. The Hall–Kier alpha value is -1.71. The highest BCUT2D eigenvalue weighted by molar-refractivity contribution is 5.37.